The molecule has 1 aromatic heterocycles. The number of hydrogen-bond donors (Lipinski definition) is 1. The Hall–Kier alpha value is -2.63. The molecule has 0 radical (unpaired) electrons. The second-order valence-corrected chi connectivity index (χ2v) is 12.6. The smallest absolute Gasteiger partial charge is 0.269 e. The normalized spacial score (nSPS) is 15.8. The number of aryl methyl sites for hydroxylation is 2. The number of hydrogen-bond acceptors (Lipinski definition) is 8. The maximum Gasteiger partial charge on any atom is 0.269 e. The van der Waals surface area contributed by atoms with Crippen molar-refractivity contribution in [1.82, 2.24) is 10.2 Å². The molecule has 0 saturated heterocycles. The van der Waals surface area contributed by atoms with Crippen molar-refractivity contribution in [3.05, 3.63) is 53.6 Å². The third-order valence-electron chi connectivity index (χ3n) is 4.86. The molecule has 4 rings (SSSR count). The summed E-state index contributed by atoms with van der Waals surface area (Å²) in [7, 11) is -3.91. The molecule has 1 amide bonds. The molecule has 0 fully saturated rings. The Labute approximate surface area is 201 Å². The summed E-state index contributed by atoms with van der Waals surface area (Å²) in [5.41, 5.74) is 2.25. The van der Waals surface area contributed by atoms with E-state index in [0.29, 0.717) is 21.8 Å². The highest BCUT2D eigenvalue weighted by Crippen LogP contribution is 2.38. The number of rotatable bonds is 6. The van der Waals surface area contributed by atoms with Gasteiger partial charge in [0.1, 0.15) is 5.75 Å². The van der Waals surface area contributed by atoms with Crippen LogP contribution in [0.5, 0.6) is 5.75 Å². The predicted molar refractivity (Wildman–Crippen MR) is 131 cm³/mol. The third-order valence-corrected chi connectivity index (χ3v) is 8.58. The highest BCUT2D eigenvalue weighted by atomic mass is 32.2. The second-order valence-electron chi connectivity index (χ2n) is 7.96. The van der Waals surface area contributed by atoms with Gasteiger partial charge in [-0.05, 0) is 43.7 Å². The van der Waals surface area contributed by atoms with Crippen LogP contribution in [0.3, 0.4) is 0 Å². The molecule has 33 heavy (non-hydrogen) atoms. The molecule has 0 aliphatic carbocycles. The Morgan fingerprint density at radius 3 is 2.55 bits per heavy atom. The minimum absolute atomic E-state index is 0.154. The Morgan fingerprint density at radius 2 is 1.85 bits per heavy atom. The minimum atomic E-state index is -3.91. The van der Waals surface area contributed by atoms with E-state index >= 15 is 0 Å². The first-order chi connectivity index (χ1) is 15.6. The fourth-order valence-corrected chi connectivity index (χ4v) is 6.70. The average Bonchev–Trinajstić information content (AvgIpc) is 3.19. The summed E-state index contributed by atoms with van der Waals surface area (Å²) in [5, 5.41) is 11.5. The van der Waals surface area contributed by atoms with Gasteiger partial charge in [-0.2, -0.15) is 0 Å². The maximum atomic E-state index is 13.5. The molecule has 1 atom stereocenters. The number of ether oxygens (including phenoxy) is 1. The molecule has 2 heterocycles. The van der Waals surface area contributed by atoms with E-state index in [4.69, 9.17) is 4.74 Å². The van der Waals surface area contributed by atoms with Crippen molar-refractivity contribution >= 4 is 49.8 Å². The van der Waals surface area contributed by atoms with E-state index < -0.39 is 22.0 Å². The molecule has 1 N–H and O–H groups in total. The quantitative estimate of drug-likeness (QED) is 0.395. The first kappa shape index (κ1) is 23.5. The molecule has 1 aliphatic heterocycles. The number of amides is 1. The zero-order valence-electron chi connectivity index (χ0n) is 18.6. The molecular formula is C22H24N4O4S3. The van der Waals surface area contributed by atoms with Gasteiger partial charge in [0.2, 0.25) is 5.13 Å². The van der Waals surface area contributed by atoms with Gasteiger partial charge in [-0.25, -0.2) is 8.42 Å². The number of carbonyl (C=O) groups excluding carboxylic acids is 1. The topological polar surface area (TPSA) is 101 Å². The van der Waals surface area contributed by atoms with Crippen molar-refractivity contribution < 1.29 is 17.9 Å². The fraction of sp³-hybridized carbons (Fsp3) is 0.318. The van der Waals surface area contributed by atoms with E-state index in [0.717, 1.165) is 15.5 Å². The second kappa shape index (κ2) is 9.32. The van der Waals surface area contributed by atoms with E-state index in [1.807, 2.05) is 33.8 Å². The average molecular weight is 505 g/mol. The lowest BCUT2D eigenvalue weighted by molar-refractivity contribution is -0.122. The lowest BCUT2D eigenvalue weighted by atomic mass is 10.1. The van der Waals surface area contributed by atoms with Crippen molar-refractivity contribution in [1.29, 1.82) is 0 Å². The van der Waals surface area contributed by atoms with Gasteiger partial charge in [0.05, 0.1) is 17.1 Å². The van der Waals surface area contributed by atoms with Crippen LogP contribution in [0, 0.1) is 13.8 Å². The predicted octanol–water partition coefficient (Wildman–Crippen LogP) is 4.25. The first-order valence-corrected chi connectivity index (χ1v) is 13.4. The lowest BCUT2D eigenvalue weighted by Gasteiger charge is -2.34. The van der Waals surface area contributed by atoms with Gasteiger partial charge < -0.3 is 4.74 Å². The van der Waals surface area contributed by atoms with E-state index in [1.165, 1.54) is 15.6 Å². The van der Waals surface area contributed by atoms with E-state index in [-0.39, 0.29) is 11.4 Å². The zero-order chi connectivity index (χ0) is 23.8. The van der Waals surface area contributed by atoms with Gasteiger partial charge >= 0.3 is 0 Å². The summed E-state index contributed by atoms with van der Waals surface area (Å²) in [6.45, 7) is 7.69. The summed E-state index contributed by atoms with van der Waals surface area (Å²) < 4.78 is 34.9. The lowest BCUT2D eigenvalue weighted by Crippen LogP contribution is -2.48. The van der Waals surface area contributed by atoms with Crippen LogP contribution in [-0.2, 0) is 14.8 Å². The number of sulfonamides is 1. The van der Waals surface area contributed by atoms with Gasteiger partial charge in [0.25, 0.3) is 15.9 Å². The fourth-order valence-electron chi connectivity index (χ4n) is 3.26. The molecule has 3 aromatic rings. The number of anilines is 2. The Morgan fingerprint density at radius 1 is 1.15 bits per heavy atom. The molecule has 2 aromatic carbocycles. The highest BCUT2D eigenvalue weighted by molar-refractivity contribution is 8.01. The maximum absolute atomic E-state index is 13.5. The number of carbonyl (C=O) groups is 1. The molecular weight excluding hydrogens is 480 g/mol. The molecule has 11 heteroatoms. The monoisotopic (exact) mass is 504 g/mol. The third kappa shape index (κ3) is 5.15. The number of nitrogens with zero attached hydrogens (tertiary/aromatic N) is 3. The summed E-state index contributed by atoms with van der Waals surface area (Å²) in [4.78, 5) is 13.2. The number of fused-ring (bicyclic) bond motifs is 1. The van der Waals surface area contributed by atoms with Crippen LogP contribution in [0.2, 0.25) is 0 Å². The van der Waals surface area contributed by atoms with Gasteiger partial charge in [0, 0.05) is 5.25 Å². The van der Waals surface area contributed by atoms with Crippen LogP contribution in [0.25, 0.3) is 0 Å². The van der Waals surface area contributed by atoms with Crippen molar-refractivity contribution in [3.8, 4) is 5.75 Å². The van der Waals surface area contributed by atoms with Crippen molar-refractivity contribution in [2.24, 2.45) is 0 Å². The Balaban J connectivity index is 1.63. The van der Waals surface area contributed by atoms with Gasteiger partial charge in [-0.15, -0.1) is 10.2 Å². The number of benzene rings is 2. The van der Waals surface area contributed by atoms with E-state index in [1.54, 1.807) is 48.2 Å². The van der Waals surface area contributed by atoms with Crippen LogP contribution in [0.1, 0.15) is 25.0 Å². The van der Waals surface area contributed by atoms with Crippen molar-refractivity contribution in [2.75, 3.05) is 16.2 Å². The number of nitrogens with one attached hydrogen (secondary N) is 1. The summed E-state index contributed by atoms with van der Waals surface area (Å²) in [6.07, 6.45) is -1.05. The molecule has 0 unspecified atom stereocenters. The number of aromatic nitrogens is 2. The van der Waals surface area contributed by atoms with Crippen molar-refractivity contribution in [2.45, 2.75) is 48.3 Å². The molecule has 0 saturated carbocycles. The van der Waals surface area contributed by atoms with Crippen LogP contribution in [0.4, 0.5) is 10.8 Å². The van der Waals surface area contributed by atoms with Crippen LogP contribution < -0.4 is 14.4 Å². The Kier molecular flexibility index (Phi) is 6.64. The summed E-state index contributed by atoms with van der Waals surface area (Å²) >= 11 is 2.82. The standard InChI is InChI=1S/C22H24N4O4S3/c1-13(2)31-22-25-24-21(32-22)23-20(27)19-12-26(17-11-15(4)7-10-18(17)30-19)33(28,29)16-8-5-14(3)6-9-16/h5-11,13,19H,12H2,1-4H3,(H,23,24,27)/t19-/m1/s1. The van der Waals surface area contributed by atoms with Gasteiger partial charge in [-0.1, -0.05) is 60.7 Å². The molecule has 8 nitrogen and oxygen atoms in total. The van der Waals surface area contributed by atoms with E-state index in [2.05, 4.69) is 15.5 Å². The molecule has 1 aliphatic rings. The minimum Gasteiger partial charge on any atom is -0.476 e. The zero-order valence-corrected chi connectivity index (χ0v) is 21.1. The Bertz CT molecular complexity index is 1270. The molecule has 0 spiro atoms. The van der Waals surface area contributed by atoms with Crippen LogP contribution in [-0.4, -0.2) is 42.4 Å². The first-order valence-electron chi connectivity index (χ1n) is 10.3. The largest absolute Gasteiger partial charge is 0.476 e. The molecule has 0 bridgehead atoms. The van der Waals surface area contributed by atoms with E-state index in [9.17, 15) is 13.2 Å². The van der Waals surface area contributed by atoms with Crippen molar-refractivity contribution in [3.63, 3.8) is 0 Å². The van der Waals surface area contributed by atoms with Gasteiger partial charge in [0.15, 0.2) is 10.4 Å². The summed E-state index contributed by atoms with van der Waals surface area (Å²) in [6, 6.07) is 11.9. The number of thioether (sulfide) groups is 1. The highest BCUT2D eigenvalue weighted by Gasteiger charge is 2.38. The molecule has 174 valence electrons. The van der Waals surface area contributed by atoms with Crippen LogP contribution >= 0.6 is 23.1 Å². The van der Waals surface area contributed by atoms with Crippen LogP contribution in [0.15, 0.2) is 51.7 Å². The SMILES string of the molecule is Cc1ccc(S(=O)(=O)N2C[C@H](C(=O)Nc3nnc(SC(C)C)s3)Oc3ccc(C)cc32)cc1. The summed E-state index contributed by atoms with van der Waals surface area (Å²) in [5.74, 6) is -0.154. The van der Waals surface area contributed by atoms with Gasteiger partial charge in [-0.3, -0.25) is 14.4 Å².